The van der Waals surface area contributed by atoms with Gasteiger partial charge in [0, 0.05) is 22.7 Å². The summed E-state index contributed by atoms with van der Waals surface area (Å²) in [6, 6.07) is 13.9. The lowest BCUT2D eigenvalue weighted by Crippen LogP contribution is -2.42. The molecule has 0 spiro atoms. The number of ether oxygens (including phenoxy) is 1. The molecule has 2 N–H and O–H groups in total. The molecule has 0 saturated carbocycles. The summed E-state index contributed by atoms with van der Waals surface area (Å²) in [6.07, 6.45) is 0.834. The van der Waals surface area contributed by atoms with Crippen molar-refractivity contribution in [3.8, 4) is 5.75 Å². The highest BCUT2D eigenvalue weighted by molar-refractivity contribution is 7.80. The van der Waals surface area contributed by atoms with E-state index in [0.717, 1.165) is 23.4 Å². The summed E-state index contributed by atoms with van der Waals surface area (Å²) in [6.45, 7) is 6.26. The summed E-state index contributed by atoms with van der Waals surface area (Å²) in [4.78, 5) is 0. The maximum absolute atomic E-state index is 6.12. The Hall–Kier alpha value is -1.78. The third kappa shape index (κ3) is 4.00. The molecule has 2 aromatic rings. The average molecular weight is 361 g/mol. The number of thiocarbonyl (C=S) groups is 1. The van der Waals surface area contributed by atoms with Crippen LogP contribution in [-0.4, -0.2) is 10.7 Å². The van der Waals surface area contributed by atoms with Crippen molar-refractivity contribution in [3.05, 3.63) is 58.6 Å². The summed E-state index contributed by atoms with van der Waals surface area (Å²) >= 11 is 11.5. The fourth-order valence-corrected chi connectivity index (χ4v) is 3.43. The van der Waals surface area contributed by atoms with Crippen LogP contribution in [0.1, 0.15) is 37.4 Å². The number of anilines is 1. The molecule has 1 aliphatic heterocycles. The number of rotatable bonds is 2. The predicted molar refractivity (Wildman–Crippen MR) is 104 cm³/mol. The number of nitrogens with one attached hydrogen (secondary N) is 2. The van der Waals surface area contributed by atoms with Crippen LogP contribution in [0.2, 0.25) is 5.02 Å². The van der Waals surface area contributed by atoms with E-state index >= 15 is 0 Å². The molecule has 0 amide bonds. The highest BCUT2D eigenvalue weighted by atomic mass is 35.5. The molecule has 1 heterocycles. The Morgan fingerprint density at radius 3 is 2.79 bits per heavy atom. The van der Waals surface area contributed by atoms with Gasteiger partial charge in [-0.25, -0.2) is 0 Å². The zero-order valence-corrected chi connectivity index (χ0v) is 15.6. The van der Waals surface area contributed by atoms with Crippen LogP contribution in [0.5, 0.6) is 5.75 Å². The van der Waals surface area contributed by atoms with Crippen molar-refractivity contribution in [2.24, 2.45) is 0 Å². The van der Waals surface area contributed by atoms with E-state index in [9.17, 15) is 0 Å². The minimum Gasteiger partial charge on any atom is -0.487 e. The van der Waals surface area contributed by atoms with Crippen LogP contribution in [0.4, 0.5) is 5.69 Å². The number of halogens is 1. The van der Waals surface area contributed by atoms with Crippen molar-refractivity contribution >= 4 is 34.6 Å². The van der Waals surface area contributed by atoms with Gasteiger partial charge >= 0.3 is 0 Å². The van der Waals surface area contributed by atoms with Crippen molar-refractivity contribution < 1.29 is 4.74 Å². The first kappa shape index (κ1) is 17.1. The van der Waals surface area contributed by atoms with Crippen molar-refractivity contribution in [1.29, 1.82) is 0 Å². The fourth-order valence-electron chi connectivity index (χ4n) is 2.98. The van der Waals surface area contributed by atoms with Crippen LogP contribution in [-0.2, 0) is 0 Å². The second kappa shape index (κ2) is 6.61. The van der Waals surface area contributed by atoms with Gasteiger partial charge in [0.2, 0.25) is 0 Å². The van der Waals surface area contributed by atoms with E-state index in [0.29, 0.717) is 10.1 Å². The number of benzene rings is 2. The number of fused-ring (bicyclic) bond motifs is 1. The van der Waals surface area contributed by atoms with E-state index in [1.165, 1.54) is 5.56 Å². The Morgan fingerprint density at radius 1 is 1.25 bits per heavy atom. The summed E-state index contributed by atoms with van der Waals surface area (Å²) < 4.78 is 6.12. The molecule has 3 rings (SSSR count). The fraction of sp³-hybridized carbons (Fsp3) is 0.316. The maximum Gasteiger partial charge on any atom is 0.171 e. The first-order valence-electron chi connectivity index (χ1n) is 7.95. The van der Waals surface area contributed by atoms with Crippen LogP contribution in [0, 0.1) is 6.92 Å². The van der Waals surface area contributed by atoms with E-state index in [-0.39, 0.29) is 11.6 Å². The van der Waals surface area contributed by atoms with Gasteiger partial charge in [-0.15, -0.1) is 0 Å². The maximum atomic E-state index is 6.12. The third-order valence-electron chi connectivity index (χ3n) is 4.01. The van der Waals surface area contributed by atoms with Gasteiger partial charge in [0.1, 0.15) is 11.4 Å². The Kier molecular flexibility index (Phi) is 4.70. The lowest BCUT2D eigenvalue weighted by Gasteiger charge is -2.38. The van der Waals surface area contributed by atoms with E-state index in [1.807, 2.05) is 24.3 Å². The molecule has 0 bridgehead atoms. The molecule has 0 fully saturated rings. The topological polar surface area (TPSA) is 33.3 Å². The van der Waals surface area contributed by atoms with E-state index in [2.05, 4.69) is 49.6 Å². The van der Waals surface area contributed by atoms with Crippen LogP contribution < -0.4 is 15.4 Å². The smallest absolute Gasteiger partial charge is 0.171 e. The lowest BCUT2D eigenvalue weighted by atomic mass is 9.89. The quantitative estimate of drug-likeness (QED) is 0.718. The van der Waals surface area contributed by atoms with Crippen molar-refractivity contribution in [2.75, 3.05) is 5.32 Å². The molecule has 0 aromatic heterocycles. The lowest BCUT2D eigenvalue weighted by molar-refractivity contribution is 0.0696. The second-order valence-corrected chi connectivity index (χ2v) is 7.61. The molecule has 2 aromatic carbocycles. The number of hydrogen-bond donors (Lipinski definition) is 2. The summed E-state index contributed by atoms with van der Waals surface area (Å²) in [5.41, 5.74) is 2.94. The van der Waals surface area contributed by atoms with Gasteiger partial charge in [0.05, 0.1) is 6.04 Å². The van der Waals surface area contributed by atoms with Gasteiger partial charge in [-0.05, 0) is 62.8 Å². The first-order valence-corrected chi connectivity index (χ1v) is 8.74. The predicted octanol–water partition coefficient (Wildman–Crippen LogP) is 5.24. The SMILES string of the molecule is Cc1ccc2c(c1)OC(C)(C)CC2NC(=S)Nc1cccc(Cl)c1. The number of hydrogen-bond acceptors (Lipinski definition) is 2. The zero-order chi connectivity index (χ0) is 17.3. The van der Waals surface area contributed by atoms with Crippen LogP contribution in [0.25, 0.3) is 0 Å². The van der Waals surface area contributed by atoms with Gasteiger partial charge in [0.15, 0.2) is 5.11 Å². The van der Waals surface area contributed by atoms with Crippen molar-refractivity contribution in [2.45, 2.75) is 38.8 Å². The van der Waals surface area contributed by atoms with Gasteiger partial charge in [-0.2, -0.15) is 0 Å². The Balaban J connectivity index is 1.78. The Morgan fingerprint density at radius 2 is 2.04 bits per heavy atom. The molecule has 3 nitrogen and oxygen atoms in total. The monoisotopic (exact) mass is 360 g/mol. The molecule has 1 unspecified atom stereocenters. The minimum absolute atomic E-state index is 0.100. The van der Waals surface area contributed by atoms with Crippen molar-refractivity contribution in [3.63, 3.8) is 0 Å². The highest BCUT2D eigenvalue weighted by Gasteiger charge is 2.34. The standard InChI is InChI=1S/C19H21ClN2OS/c1-12-7-8-15-16(11-19(2,3)23-17(15)9-12)22-18(24)21-14-6-4-5-13(20)10-14/h4-10,16H,11H2,1-3H3,(H2,21,22,24). The zero-order valence-electron chi connectivity index (χ0n) is 14.0. The van der Waals surface area contributed by atoms with Crippen LogP contribution in [0.3, 0.4) is 0 Å². The Labute approximate surface area is 153 Å². The largest absolute Gasteiger partial charge is 0.487 e. The average Bonchev–Trinajstić information content (AvgIpc) is 2.45. The van der Waals surface area contributed by atoms with E-state index < -0.39 is 0 Å². The molecule has 24 heavy (non-hydrogen) atoms. The van der Waals surface area contributed by atoms with Gasteiger partial charge in [-0.3, -0.25) is 0 Å². The molecule has 1 aliphatic rings. The molecule has 0 radical (unpaired) electrons. The van der Waals surface area contributed by atoms with Crippen molar-refractivity contribution in [1.82, 2.24) is 5.32 Å². The summed E-state index contributed by atoms with van der Waals surface area (Å²) in [7, 11) is 0. The van der Waals surface area contributed by atoms with Gasteiger partial charge < -0.3 is 15.4 Å². The second-order valence-electron chi connectivity index (χ2n) is 6.77. The first-order chi connectivity index (χ1) is 11.3. The third-order valence-corrected chi connectivity index (χ3v) is 4.47. The molecule has 1 atom stereocenters. The molecule has 5 heteroatoms. The van der Waals surface area contributed by atoms with Gasteiger partial charge in [-0.1, -0.05) is 29.8 Å². The highest BCUT2D eigenvalue weighted by Crippen LogP contribution is 2.39. The molecular weight excluding hydrogens is 340 g/mol. The molecular formula is C19H21ClN2OS. The Bertz CT molecular complexity index is 776. The van der Waals surface area contributed by atoms with Gasteiger partial charge in [0.25, 0.3) is 0 Å². The summed E-state index contributed by atoms with van der Waals surface area (Å²) in [5.74, 6) is 0.925. The number of aryl methyl sites for hydroxylation is 1. The van der Waals surface area contributed by atoms with E-state index in [1.54, 1.807) is 0 Å². The normalized spacial score (nSPS) is 18.2. The molecule has 0 saturated heterocycles. The van der Waals surface area contributed by atoms with Crippen LogP contribution >= 0.6 is 23.8 Å². The van der Waals surface area contributed by atoms with Crippen LogP contribution in [0.15, 0.2) is 42.5 Å². The van der Waals surface area contributed by atoms with E-state index in [4.69, 9.17) is 28.6 Å². The molecule has 0 aliphatic carbocycles. The summed E-state index contributed by atoms with van der Waals surface area (Å²) in [5, 5.41) is 7.86. The molecule has 126 valence electrons. The minimum atomic E-state index is -0.246.